The maximum absolute atomic E-state index is 14.4. The van der Waals surface area contributed by atoms with Gasteiger partial charge in [0.15, 0.2) is 11.6 Å². The Bertz CT molecular complexity index is 1060. The summed E-state index contributed by atoms with van der Waals surface area (Å²) in [5, 5.41) is 7.25. The number of carbonyl (C=O) groups is 1. The third-order valence-electron chi connectivity index (χ3n) is 4.62. The molecule has 6 nitrogen and oxygen atoms in total. The van der Waals surface area contributed by atoms with Gasteiger partial charge in [-0.15, -0.1) is 0 Å². The summed E-state index contributed by atoms with van der Waals surface area (Å²) in [4.78, 5) is 21.1. The van der Waals surface area contributed by atoms with E-state index in [2.05, 4.69) is 20.4 Å². The molecule has 0 unspecified atom stereocenters. The molecule has 3 heterocycles. The van der Waals surface area contributed by atoms with Gasteiger partial charge in [0.05, 0.1) is 5.69 Å². The molecule has 0 radical (unpaired) electrons. The van der Waals surface area contributed by atoms with Gasteiger partial charge in [-0.25, -0.2) is 18.7 Å². The molecule has 4 rings (SSSR count). The summed E-state index contributed by atoms with van der Waals surface area (Å²) >= 11 is 0. The molecule has 8 heteroatoms. The van der Waals surface area contributed by atoms with Gasteiger partial charge in [0.25, 0.3) is 5.95 Å². The van der Waals surface area contributed by atoms with Crippen molar-refractivity contribution in [2.75, 3.05) is 5.32 Å². The lowest BCUT2D eigenvalue weighted by molar-refractivity contribution is -0.116. The van der Waals surface area contributed by atoms with E-state index in [0.29, 0.717) is 23.0 Å². The van der Waals surface area contributed by atoms with E-state index in [-0.39, 0.29) is 17.9 Å². The number of nitrogens with zero attached hydrogens (tertiary/aromatic N) is 4. The fourth-order valence-corrected chi connectivity index (χ4v) is 3.55. The number of benzene rings is 1. The second-order valence-electron chi connectivity index (χ2n) is 6.66. The van der Waals surface area contributed by atoms with Gasteiger partial charge in [0, 0.05) is 29.3 Å². The van der Waals surface area contributed by atoms with Crippen molar-refractivity contribution >= 4 is 11.7 Å². The van der Waals surface area contributed by atoms with Crippen LogP contribution in [0.4, 0.5) is 14.6 Å². The first kappa shape index (κ1) is 17.3. The molecule has 1 aliphatic heterocycles. The van der Waals surface area contributed by atoms with Crippen molar-refractivity contribution < 1.29 is 13.6 Å². The van der Waals surface area contributed by atoms with Crippen LogP contribution in [0.3, 0.4) is 0 Å². The van der Waals surface area contributed by atoms with Crippen molar-refractivity contribution in [1.82, 2.24) is 19.7 Å². The van der Waals surface area contributed by atoms with Gasteiger partial charge in [0.2, 0.25) is 5.91 Å². The summed E-state index contributed by atoms with van der Waals surface area (Å²) in [6, 6.07) is 5.82. The summed E-state index contributed by atoms with van der Waals surface area (Å²) < 4.78 is 29.6. The lowest BCUT2D eigenvalue weighted by Crippen LogP contribution is -2.26. The van der Waals surface area contributed by atoms with Crippen molar-refractivity contribution in [3.05, 3.63) is 64.1 Å². The van der Waals surface area contributed by atoms with Gasteiger partial charge in [-0.2, -0.15) is 9.78 Å². The Morgan fingerprint density at radius 2 is 1.85 bits per heavy atom. The van der Waals surface area contributed by atoms with Crippen LogP contribution in [0.5, 0.6) is 0 Å². The fraction of sp³-hybridized carbons (Fsp3) is 0.263. The molecule has 2 aromatic heterocycles. The molecule has 1 aromatic carbocycles. The molecule has 1 N–H and O–H groups in total. The van der Waals surface area contributed by atoms with E-state index in [4.69, 9.17) is 0 Å². The van der Waals surface area contributed by atoms with E-state index in [1.807, 2.05) is 19.9 Å². The number of fused-ring (bicyclic) bond motifs is 1. The number of nitrogens with one attached hydrogen (secondary N) is 1. The van der Waals surface area contributed by atoms with Crippen molar-refractivity contribution in [1.29, 1.82) is 0 Å². The molecular weight excluding hydrogens is 352 g/mol. The van der Waals surface area contributed by atoms with E-state index in [9.17, 15) is 13.6 Å². The summed E-state index contributed by atoms with van der Waals surface area (Å²) in [5.41, 5.74) is 2.89. The standard InChI is InChI=1S/C19H17F2N5O/c1-9-7-10(2)23-19(22-9)26-18-16(11(3)25-26)13(8-15(27)24-18)12-5-4-6-14(20)17(12)21/h4-7,13H,8H2,1-3H3,(H,24,27)/t13-/m1/s1. The van der Waals surface area contributed by atoms with Crippen molar-refractivity contribution in [2.45, 2.75) is 33.1 Å². The Labute approximate surface area is 154 Å². The highest BCUT2D eigenvalue weighted by molar-refractivity contribution is 5.95. The Hall–Kier alpha value is -3.16. The van der Waals surface area contributed by atoms with E-state index < -0.39 is 17.6 Å². The second-order valence-corrected chi connectivity index (χ2v) is 6.66. The average molecular weight is 369 g/mol. The third kappa shape index (κ3) is 2.87. The highest BCUT2D eigenvalue weighted by atomic mass is 19.2. The quantitative estimate of drug-likeness (QED) is 0.752. The molecule has 138 valence electrons. The molecular formula is C19H17F2N5O. The third-order valence-corrected chi connectivity index (χ3v) is 4.62. The Morgan fingerprint density at radius 3 is 2.56 bits per heavy atom. The summed E-state index contributed by atoms with van der Waals surface area (Å²) in [7, 11) is 0. The summed E-state index contributed by atoms with van der Waals surface area (Å²) in [6.07, 6.45) is 0.00755. The van der Waals surface area contributed by atoms with Gasteiger partial charge in [-0.1, -0.05) is 12.1 Å². The molecule has 0 spiro atoms. The number of amides is 1. The first-order chi connectivity index (χ1) is 12.8. The normalized spacial score (nSPS) is 16.2. The highest BCUT2D eigenvalue weighted by Crippen LogP contribution is 2.40. The first-order valence-corrected chi connectivity index (χ1v) is 8.51. The first-order valence-electron chi connectivity index (χ1n) is 8.51. The average Bonchev–Trinajstić information content (AvgIpc) is 2.92. The van der Waals surface area contributed by atoms with Crippen molar-refractivity contribution in [3.63, 3.8) is 0 Å². The molecule has 27 heavy (non-hydrogen) atoms. The Balaban J connectivity index is 1.92. The minimum atomic E-state index is -0.946. The van der Waals surface area contributed by atoms with E-state index >= 15 is 0 Å². The van der Waals surface area contributed by atoms with Crippen LogP contribution in [0.15, 0.2) is 24.3 Å². The van der Waals surface area contributed by atoms with Crippen LogP contribution >= 0.6 is 0 Å². The summed E-state index contributed by atoms with van der Waals surface area (Å²) in [6.45, 7) is 5.44. The van der Waals surface area contributed by atoms with E-state index in [1.54, 1.807) is 6.92 Å². The zero-order chi connectivity index (χ0) is 19.3. The van der Waals surface area contributed by atoms with Crippen LogP contribution in [0.25, 0.3) is 5.95 Å². The topological polar surface area (TPSA) is 72.7 Å². The number of hydrogen-bond donors (Lipinski definition) is 1. The predicted molar refractivity (Wildman–Crippen MR) is 94.8 cm³/mol. The molecule has 0 saturated carbocycles. The number of aryl methyl sites for hydroxylation is 3. The number of anilines is 1. The number of rotatable bonds is 2. The zero-order valence-electron chi connectivity index (χ0n) is 15.0. The molecule has 1 amide bonds. The zero-order valence-corrected chi connectivity index (χ0v) is 15.0. The Kier molecular flexibility index (Phi) is 3.98. The Morgan fingerprint density at radius 1 is 1.15 bits per heavy atom. The minimum Gasteiger partial charge on any atom is -0.310 e. The number of carbonyl (C=O) groups excluding carboxylic acids is 1. The second kappa shape index (κ2) is 6.22. The molecule has 1 aliphatic rings. The van der Waals surface area contributed by atoms with Gasteiger partial charge in [-0.05, 0) is 38.5 Å². The fourth-order valence-electron chi connectivity index (χ4n) is 3.55. The molecule has 0 saturated heterocycles. The molecule has 0 fully saturated rings. The maximum atomic E-state index is 14.4. The van der Waals surface area contributed by atoms with Gasteiger partial charge in [0.1, 0.15) is 5.82 Å². The number of hydrogen-bond acceptors (Lipinski definition) is 4. The van der Waals surface area contributed by atoms with Crippen molar-refractivity contribution in [3.8, 4) is 5.95 Å². The van der Waals surface area contributed by atoms with Crippen LogP contribution in [-0.2, 0) is 4.79 Å². The molecule has 0 bridgehead atoms. The van der Waals surface area contributed by atoms with Crippen LogP contribution in [-0.4, -0.2) is 25.7 Å². The lowest BCUT2D eigenvalue weighted by Gasteiger charge is -2.24. The van der Waals surface area contributed by atoms with Crippen LogP contribution in [0.2, 0.25) is 0 Å². The molecule has 0 aliphatic carbocycles. The largest absolute Gasteiger partial charge is 0.310 e. The monoisotopic (exact) mass is 369 g/mol. The van der Waals surface area contributed by atoms with Crippen LogP contribution in [0.1, 0.15) is 40.5 Å². The highest BCUT2D eigenvalue weighted by Gasteiger charge is 2.35. The van der Waals surface area contributed by atoms with Gasteiger partial charge in [-0.3, -0.25) is 4.79 Å². The van der Waals surface area contributed by atoms with Crippen molar-refractivity contribution in [2.24, 2.45) is 0 Å². The number of halogens is 2. The summed E-state index contributed by atoms with van der Waals surface area (Å²) in [5.74, 6) is -2.12. The molecule has 1 atom stereocenters. The molecule has 3 aromatic rings. The van der Waals surface area contributed by atoms with E-state index in [1.165, 1.54) is 16.8 Å². The smallest absolute Gasteiger partial charge is 0.252 e. The van der Waals surface area contributed by atoms with Gasteiger partial charge >= 0.3 is 0 Å². The van der Waals surface area contributed by atoms with Gasteiger partial charge < -0.3 is 5.32 Å². The minimum absolute atomic E-state index is 0.00755. The lowest BCUT2D eigenvalue weighted by atomic mass is 9.85. The van der Waals surface area contributed by atoms with Crippen LogP contribution < -0.4 is 5.32 Å². The SMILES string of the molecule is Cc1cc(C)nc(-n2nc(C)c3c2NC(=O)C[C@@H]3c2cccc(F)c2F)n1. The number of aromatic nitrogens is 4. The van der Waals surface area contributed by atoms with Crippen LogP contribution in [0, 0.1) is 32.4 Å². The van der Waals surface area contributed by atoms with E-state index in [0.717, 1.165) is 17.5 Å². The predicted octanol–water partition coefficient (Wildman–Crippen LogP) is 3.34. The maximum Gasteiger partial charge on any atom is 0.252 e.